The van der Waals surface area contributed by atoms with Crippen molar-refractivity contribution in [1.29, 1.82) is 0 Å². The Hall–Kier alpha value is -1.85. The molecule has 2 amide bonds. The number of para-hydroxylation sites is 1. The van der Waals surface area contributed by atoms with E-state index >= 15 is 0 Å². The largest absolute Gasteiger partial charge is 0.378 e. The second kappa shape index (κ2) is 7.81. The van der Waals surface area contributed by atoms with Crippen molar-refractivity contribution in [1.82, 2.24) is 4.90 Å². The Morgan fingerprint density at radius 3 is 2.46 bits per heavy atom. The monoisotopic (exact) mass is 348 g/mol. The number of hydrogen-bond donors (Lipinski definition) is 1. The van der Waals surface area contributed by atoms with Gasteiger partial charge >= 0.3 is 0 Å². The van der Waals surface area contributed by atoms with Crippen molar-refractivity contribution in [2.24, 2.45) is 11.8 Å². The van der Waals surface area contributed by atoms with Crippen LogP contribution in [0, 0.1) is 11.8 Å². The summed E-state index contributed by atoms with van der Waals surface area (Å²) in [5.74, 6) is -0.807. The van der Waals surface area contributed by atoms with E-state index in [4.69, 9.17) is 16.3 Å². The summed E-state index contributed by atoms with van der Waals surface area (Å²) in [6.07, 6.45) is 5.12. The number of morpholine rings is 1. The van der Waals surface area contributed by atoms with Gasteiger partial charge in [-0.3, -0.25) is 9.59 Å². The molecule has 2 aliphatic rings. The molecule has 24 heavy (non-hydrogen) atoms. The SMILES string of the molecule is O=C(Nc1ccccc1Cl)[C@@H]1CC=CC[C@@H]1C(=O)N1CCOCC1. The summed E-state index contributed by atoms with van der Waals surface area (Å²) in [5.41, 5.74) is 0.580. The lowest BCUT2D eigenvalue weighted by Gasteiger charge is -2.34. The highest BCUT2D eigenvalue weighted by molar-refractivity contribution is 6.33. The van der Waals surface area contributed by atoms with E-state index in [1.165, 1.54) is 0 Å². The quantitative estimate of drug-likeness (QED) is 0.854. The van der Waals surface area contributed by atoms with Gasteiger partial charge in [0.1, 0.15) is 0 Å². The van der Waals surface area contributed by atoms with Gasteiger partial charge in [-0.05, 0) is 25.0 Å². The van der Waals surface area contributed by atoms with Gasteiger partial charge in [0.15, 0.2) is 0 Å². The molecular weight excluding hydrogens is 328 g/mol. The lowest BCUT2D eigenvalue weighted by molar-refractivity contribution is -0.144. The molecule has 3 rings (SSSR count). The average Bonchev–Trinajstić information content (AvgIpc) is 2.63. The molecule has 1 aromatic rings. The van der Waals surface area contributed by atoms with Crippen molar-refractivity contribution in [3.63, 3.8) is 0 Å². The van der Waals surface area contributed by atoms with E-state index in [0.29, 0.717) is 49.9 Å². The smallest absolute Gasteiger partial charge is 0.228 e. The van der Waals surface area contributed by atoms with Gasteiger partial charge in [0.2, 0.25) is 11.8 Å². The van der Waals surface area contributed by atoms with Crippen LogP contribution in [-0.4, -0.2) is 43.0 Å². The Morgan fingerprint density at radius 2 is 1.75 bits per heavy atom. The Bertz CT molecular complexity index is 641. The van der Waals surface area contributed by atoms with E-state index in [1.54, 1.807) is 12.1 Å². The molecule has 0 bridgehead atoms. The van der Waals surface area contributed by atoms with Crippen LogP contribution >= 0.6 is 11.6 Å². The maximum absolute atomic E-state index is 12.8. The first-order valence-electron chi connectivity index (χ1n) is 8.24. The molecule has 1 N–H and O–H groups in total. The molecule has 6 heteroatoms. The molecule has 1 heterocycles. The fourth-order valence-electron chi connectivity index (χ4n) is 3.18. The number of ether oxygens (including phenoxy) is 1. The van der Waals surface area contributed by atoms with E-state index in [2.05, 4.69) is 5.32 Å². The normalized spacial score (nSPS) is 23.8. The van der Waals surface area contributed by atoms with E-state index in [1.807, 2.05) is 29.2 Å². The molecule has 1 aromatic carbocycles. The highest BCUT2D eigenvalue weighted by Gasteiger charge is 2.36. The number of rotatable bonds is 3. The van der Waals surface area contributed by atoms with Gasteiger partial charge in [0.25, 0.3) is 0 Å². The van der Waals surface area contributed by atoms with E-state index in [0.717, 1.165) is 0 Å². The summed E-state index contributed by atoms with van der Waals surface area (Å²) < 4.78 is 5.30. The molecule has 0 radical (unpaired) electrons. The first-order chi connectivity index (χ1) is 11.7. The number of halogens is 1. The second-order valence-electron chi connectivity index (χ2n) is 6.06. The number of carbonyl (C=O) groups is 2. The van der Waals surface area contributed by atoms with Crippen molar-refractivity contribution >= 4 is 29.1 Å². The summed E-state index contributed by atoms with van der Waals surface area (Å²) in [6, 6.07) is 7.12. The first-order valence-corrected chi connectivity index (χ1v) is 8.61. The number of allylic oxidation sites excluding steroid dienone is 2. The topological polar surface area (TPSA) is 58.6 Å². The zero-order valence-corrected chi connectivity index (χ0v) is 14.2. The minimum Gasteiger partial charge on any atom is -0.378 e. The number of benzene rings is 1. The lowest BCUT2D eigenvalue weighted by Crippen LogP contribution is -2.47. The van der Waals surface area contributed by atoms with Gasteiger partial charge in [0, 0.05) is 13.1 Å². The Morgan fingerprint density at radius 1 is 1.08 bits per heavy atom. The number of nitrogens with zero attached hydrogens (tertiary/aromatic N) is 1. The molecule has 0 unspecified atom stereocenters. The number of anilines is 1. The van der Waals surface area contributed by atoms with E-state index in [-0.39, 0.29) is 23.7 Å². The van der Waals surface area contributed by atoms with Crippen molar-refractivity contribution in [3.8, 4) is 0 Å². The molecular formula is C18H21ClN2O3. The highest BCUT2D eigenvalue weighted by atomic mass is 35.5. The molecule has 1 aliphatic heterocycles. The van der Waals surface area contributed by atoms with Gasteiger partial charge in [-0.25, -0.2) is 0 Å². The third-order valence-electron chi connectivity index (χ3n) is 4.54. The van der Waals surface area contributed by atoms with Crippen LogP contribution in [0.25, 0.3) is 0 Å². The van der Waals surface area contributed by atoms with Gasteiger partial charge < -0.3 is 15.0 Å². The van der Waals surface area contributed by atoms with Crippen molar-refractivity contribution in [2.45, 2.75) is 12.8 Å². The van der Waals surface area contributed by atoms with E-state index < -0.39 is 0 Å². The van der Waals surface area contributed by atoms with Crippen LogP contribution in [0.1, 0.15) is 12.8 Å². The Labute approximate surface area is 146 Å². The van der Waals surface area contributed by atoms with Crippen LogP contribution in [-0.2, 0) is 14.3 Å². The number of carbonyl (C=O) groups excluding carboxylic acids is 2. The van der Waals surface area contributed by atoms with E-state index in [9.17, 15) is 9.59 Å². The maximum atomic E-state index is 12.8. The summed E-state index contributed by atoms with van der Waals surface area (Å²) >= 11 is 6.11. The summed E-state index contributed by atoms with van der Waals surface area (Å²) in [7, 11) is 0. The zero-order valence-electron chi connectivity index (χ0n) is 13.4. The molecule has 2 atom stereocenters. The molecule has 0 saturated carbocycles. The maximum Gasteiger partial charge on any atom is 0.228 e. The number of amides is 2. The average molecular weight is 349 g/mol. The van der Waals surface area contributed by atoms with Gasteiger partial charge in [-0.15, -0.1) is 0 Å². The van der Waals surface area contributed by atoms with Crippen LogP contribution in [0.15, 0.2) is 36.4 Å². The predicted molar refractivity (Wildman–Crippen MR) is 92.8 cm³/mol. The molecule has 1 aliphatic carbocycles. The van der Waals surface area contributed by atoms with Crippen LogP contribution in [0.5, 0.6) is 0 Å². The van der Waals surface area contributed by atoms with Crippen LogP contribution < -0.4 is 5.32 Å². The van der Waals surface area contributed by atoms with Gasteiger partial charge in [0.05, 0.1) is 35.8 Å². The summed E-state index contributed by atoms with van der Waals surface area (Å²) in [5, 5.41) is 3.36. The number of hydrogen-bond acceptors (Lipinski definition) is 3. The molecule has 128 valence electrons. The predicted octanol–water partition coefficient (Wildman–Crippen LogP) is 2.72. The molecule has 0 spiro atoms. The summed E-state index contributed by atoms with van der Waals surface area (Å²) in [4.78, 5) is 27.3. The standard InChI is InChI=1S/C18H21ClN2O3/c19-15-7-3-4-8-16(15)20-17(22)13-5-1-2-6-14(13)18(23)21-9-11-24-12-10-21/h1-4,7-8,13-14H,5-6,9-12H2,(H,20,22)/t13-,14+/m1/s1. The Kier molecular flexibility index (Phi) is 5.53. The Balaban J connectivity index is 1.72. The van der Waals surface area contributed by atoms with Gasteiger partial charge in [-0.2, -0.15) is 0 Å². The molecule has 1 fully saturated rings. The third kappa shape index (κ3) is 3.79. The minimum absolute atomic E-state index is 0.0435. The molecule has 1 saturated heterocycles. The second-order valence-corrected chi connectivity index (χ2v) is 6.47. The van der Waals surface area contributed by atoms with Crippen molar-refractivity contribution in [2.75, 3.05) is 31.6 Å². The van der Waals surface area contributed by atoms with Gasteiger partial charge in [-0.1, -0.05) is 35.9 Å². The fourth-order valence-corrected chi connectivity index (χ4v) is 3.37. The highest BCUT2D eigenvalue weighted by Crippen LogP contribution is 2.30. The summed E-state index contributed by atoms with van der Waals surface area (Å²) in [6.45, 7) is 2.31. The minimum atomic E-state index is -0.374. The molecule has 0 aromatic heterocycles. The first kappa shape index (κ1) is 17.0. The van der Waals surface area contributed by atoms with Crippen molar-refractivity contribution < 1.29 is 14.3 Å². The lowest BCUT2D eigenvalue weighted by atomic mass is 9.81. The fraction of sp³-hybridized carbons (Fsp3) is 0.444. The van der Waals surface area contributed by atoms with Crippen molar-refractivity contribution in [3.05, 3.63) is 41.4 Å². The van der Waals surface area contributed by atoms with Crippen LogP contribution in [0.2, 0.25) is 5.02 Å². The number of nitrogens with one attached hydrogen (secondary N) is 1. The molecule has 5 nitrogen and oxygen atoms in total. The van der Waals surface area contributed by atoms with Crippen LogP contribution in [0.3, 0.4) is 0 Å². The van der Waals surface area contributed by atoms with Crippen LogP contribution in [0.4, 0.5) is 5.69 Å². The zero-order chi connectivity index (χ0) is 16.9. The third-order valence-corrected chi connectivity index (χ3v) is 4.87.